The standard InChI is InChI=1S/C15H23N3O3/c1-4-5-14(20)18-11-6-7-13(19)12(8-11)9(2)17-10(3)15(16)21/h6-10,17,19H,4-5H2,1-3H3,(H2,16,21)(H,18,20). The summed E-state index contributed by atoms with van der Waals surface area (Å²) in [5, 5.41) is 15.7. The van der Waals surface area contributed by atoms with E-state index in [0.717, 1.165) is 6.42 Å². The average molecular weight is 293 g/mol. The van der Waals surface area contributed by atoms with Gasteiger partial charge in [-0.25, -0.2) is 0 Å². The van der Waals surface area contributed by atoms with Gasteiger partial charge in [-0.15, -0.1) is 0 Å². The molecule has 2 amide bonds. The zero-order valence-electron chi connectivity index (χ0n) is 12.6. The lowest BCUT2D eigenvalue weighted by atomic mass is 10.0. The molecule has 0 aliphatic rings. The van der Waals surface area contributed by atoms with Crippen LogP contribution in [0.4, 0.5) is 5.69 Å². The number of phenolic OH excluding ortho intramolecular Hbond substituents is 1. The zero-order valence-corrected chi connectivity index (χ0v) is 12.6. The normalized spacial score (nSPS) is 13.5. The van der Waals surface area contributed by atoms with Crippen LogP contribution in [-0.2, 0) is 9.59 Å². The fraction of sp³-hybridized carbons (Fsp3) is 0.467. The summed E-state index contributed by atoms with van der Waals surface area (Å²) >= 11 is 0. The minimum atomic E-state index is -0.516. The summed E-state index contributed by atoms with van der Waals surface area (Å²) in [5.41, 5.74) is 6.42. The molecule has 1 rings (SSSR count). The molecule has 116 valence electrons. The van der Waals surface area contributed by atoms with Crippen molar-refractivity contribution in [3.8, 4) is 5.75 Å². The van der Waals surface area contributed by atoms with Crippen molar-refractivity contribution in [2.45, 2.75) is 45.7 Å². The summed E-state index contributed by atoms with van der Waals surface area (Å²) in [6.45, 7) is 5.40. The number of hydrogen-bond donors (Lipinski definition) is 4. The van der Waals surface area contributed by atoms with Crippen LogP contribution >= 0.6 is 0 Å². The van der Waals surface area contributed by atoms with Crippen molar-refractivity contribution in [2.75, 3.05) is 5.32 Å². The maximum Gasteiger partial charge on any atom is 0.234 e. The second-order valence-electron chi connectivity index (χ2n) is 5.08. The van der Waals surface area contributed by atoms with E-state index in [2.05, 4.69) is 10.6 Å². The lowest BCUT2D eigenvalue weighted by molar-refractivity contribution is -0.119. The van der Waals surface area contributed by atoms with Crippen LogP contribution in [0.1, 0.15) is 45.2 Å². The summed E-state index contributed by atoms with van der Waals surface area (Å²) in [6.07, 6.45) is 1.22. The number of hydrogen-bond acceptors (Lipinski definition) is 4. The third-order valence-corrected chi connectivity index (χ3v) is 3.18. The number of nitrogens with one attached hydrogen (secondary N) is 2. The van der Waals surface area contributed by atoms with Crippen molar-refractivity contribution in [2.24, 2.45) is 5.73 Å². The molecule has 0 radical (unpaired) electrons. The molecule has 6 nitrogen and oxygen atoms in total. The quantitative estimate of drug-likeness (QED) is 0.574. The molecule has 0 bridgehead atoms. The molecule has 0 saturated heterocycles. The van der Waals surface area contributed by atoms with Gasteiger partial charge in [0.2, 0.25) is 11.8 Å². The van der Waals surface area contributed by atoms with Crippen LogP contribution in [0, 0.1) is 0 Å². The first-order chi connectivity index (χ1) is 9.85. The third kappa shape index (κ3) is 5.07. The Labute approximate surface area is 124 Å². The zero-order chi connectivity index (χ0) is 16.0. The fourth-order valence-electron chi connectivity index (χ4n) is 1.98. The fourth-order valence-corrected chi connectivity index (χ4v) is 1.98. The number of nitrogens with two attached hydrogens (primary N) is 1. The molecular formula is C15H23N3O3. The number of phenols is 1. The van der Waals surface area contributed by atoms with E-state index in [0.29, 0.717) is 17.7 Å². The number of rotatable bonds is 7. The van der Waals surface area contributed by atoms with Crippen molar-refractivity contribution < 1.29 is 14.7 Å². The molecule has 0 fully saturated rings. The number of carbonyl (C=O) groups is 2. The molecule has 1 aromatic carbocycles. The Balaban J connectivity index is 2.86. The SMILES string of the molecule is CCCC(=O)Nc1ccc(O)c(C(C)NC(C)C(N)=O)c1. The Bertz CT molecular complexity index is 517. The second kappa shape index (κ2) is 7.64. The van der Waals surface area contributed by atoms with Gasteiger partial charge in [-0.2, -0.15) is 0 Å². The Morgan fingerprint density at radius 1 is 1.33 bits per heavy atom. The summed E-state index contributed by atoms with van der Waals surface area (Å²) in [5.74, 6) is -0.436. The van der Waals surface area contributed by atoms with Crippen LogP contribution in [0.25, 0.3) is 0 Å². The minimum Gasteiger partial charge on any atom is -0.508 e. The molecule has 0 heterocycles. The van der Waals surface area contributed by atoms with Gasteiger partial charge in [0.25, 0.3) is 0 Å². The lowest BCUT2D eigenvalue weighted by Crippen LogP contribution is -2.40. The first-order valence-electron chi connectivity index (χ1n) is 7.03. The molecule has 0 aliphatic carbocycles. The average Bonchev–Trinajstić information content (AvgIpc) is 2.40. The summed E-state index contributed by atoms with van der Waals surface area (Å²) in [4.78, 5) is 22.7. The molecule has 5 N–H and O–H groups in total. The van der Waals surface area contributed by atoms with Gasteiger partial charge in [-0.1, -0.05) is 6.92 Å². The molecule has 0 saturated carbocycles. The van der Waals surface area contributed by atoms with Gasteiger partial charge in [-0.05, 0) is 38.5 Å². The lowest BCUT2D eigenvalue weighted by Gasteiger charge is -2.20. The van der Waals surface area contributed by atoms with Gasteiger partial charge in [0.05, 0.1) is 6.04 Å². The van der Waals surface area contributed by atoms with Crippen LogP contribution in [-0.4, -0.2) is 23.0 Å². The van der Waals surface area contributed by atoms with Gasteiger partial charge in [0.15, 0.2) is 0 Å². The van der Waals surface area contributed by atoms with Crippen molar-refractivity contribution in [3.05, 3.63) is 23.8 Å². The number of aromatic hydroxyl groups is 1. The Morgan fingerprint density at radius 2 is 2.00 bits per heavy atom. The molecule has 21 heavy (non-hydrogen) atoms. The van der Waals surface area contributed by atoms with E-state index in [4.69, 9.17) is 5.73 Å². The molecule has 1 aromatic rings. The number of anilines is 1. The molecule has 0 aliphatic heterocycles. The molecule has 2 atom stereocenters. The van der Waals surface area contributed by atoms with Crippen LogP contribution in [0.3, 0.4) is 0 Å². The molecule has 0 aromatic heterocycles. The van der Waals surface area contributed by atoms with Crippen LogP contribution in [0.2, 0.25) is 0 Å². The first-order valence-corrected chi connectivity index (χ1v) is 7.03. The van der Waals surface area contributed by atoms with Crippen molar-refractivity contribution in [1.82, 2.24) is 5.32 Å². The summed E-state index contributed by atoms with van der Waals surface area (Å²) < 4.78 is 0. The van der Waals surface area contributed by atoms with Gasteiger partial charge in [0, 0.05) is 23.7 Å². The van der Waals surface area contributed by atoms with E-state index >= 15 is 0 Å². The van der Waals surface area contributed by atoms with E-state index in [1.165, 1.54) is 6.07 Å². The monoisotopic (exact) mass is 293 g/mol. The van der Waals surface area contributed by atoms with Gasteiger partial charge < -0.3 is 16.2 Å². The smallest absolute Gasteiger partial charge is 0.234 e. The molecule has 2 unspecified atom stereocenters. The van der Waals surface area contributed by atoms with Crippen LogP contribution < -0.4 is 16.4 Å². The second-order valence-corrected chi connectivity index (χ2v) is 5.08. The number of amides is 2. The van der Waals surface area contributed by atoms with E-state index < -0.39 is 11.9 Å². The predicted octanol–water partition coefficient (Wildman–Crippen LogP) is 1.66. The van der Waals surface area contributed by atoms with Crippen molar-refractivity contribution >= 4 is 17.5 Å². The highest BCUT2D eigenvalue weighted by molar-refractivity contribution is 5.90. The molecule has 0 spiro atoms. The number of benzene rings is 1. The van der Waals surface area contributed by atoms with Crippen molar-refractivity contribution in [3.63, 3.8) is 0 Å². The van der Waals surface area contributed by atoms with E-state index in [1.807, 2.05) is 13.8 Å². The minimum absolute atomic E-state index is 0.0692. The molecular weight excluding hydrogens is 270 g/mol. The topological polar surface area (TPSA) is 104 Å². The highest BCUT2D eigenvalue weighted by Gasteiger charge is 2.16. The maximum atomic E-state index is 11.6. The predicted molar refractivity (Wildman–Crippen MR) is 81.9 cm³/mol. The number of carbonyl (C=O) groups excluding carboxylic acids is 2. The van der Waals surface area contributed by atoms with Crippen LogP contribution in [0.15, 0.2) is 18.2 Å². The first kappa shape index (κ1) is 17.0. The maximum absolute atomic E-state index is 11.6. The largest absolute Gasteiger partial charge is 0.508 e. The van der Waals surface area contributed by atoms with Crippen LogP contribution in [0.5, 0.6) is 5.75 Å². The van der Waals surface area contributed by atoms with Gasteiger partial charge in [0.1, 0.15) is 5.75 Å². The Morgan fingerprint density at radius 3 is 2.57 bits per heavy atom. The highest BCUT2D eigenvalue weighted by atomic mass is 16.3. The van der Waals surface area contributed by atoms with E-state index in [9.17, 15) is 14.7 Å². The Hall–Kier alpha value is -2.08. The van der Waals surface area contributed by atoms with Crippen molar-refractivity contribution in [1.29, 1.82) is 0 Å². The highest BCUT2D eigenvalue weighted by Crippen LogP contribution is 2.27. The third-order valence-electron chi connectivity index (χ3n) is 3.18. The number of primary amides is 1. The van der Waals surface area contributed by atoms with Gasteiger partial charge >= 0.3 is 0 Å². The van der Waals surface area contributed by atoms with Gasteiger partial charge in [-0.3, -0.25) is 14.9 Å². The molecule has 6 heteroatoms. The summed E-state index contributed by atoms with van der Waals surface area (Å²) in [6, 6.07) is 4.04. The van der Waals surface area contributed by atoms with E-state index in [-0.39, 0.29) is 17.7 Å². The summed E-state index contributed by atoms with van der Waals surface area (Å²) in [7, 11) is 0. The Kier molecular flexibility index (Phi) is 6.17. The van der Waals surface area contributed by atoms with E-state index in [1.54, 1.807) is 19.1 Å².